The van der Waals surface area contributed by atoms with Crippen molar-refractivity contribution in [1.29, 1.82) is 0 Å². The van der Waals surface area contributed by atoms with Gasteiger partial charge in [0.1, 0.15) is 6.10 Å². The Bertz CT molecular complexity index is 949. The van der Waals surface area contributed by atoms with Crippen LogP contribution < -0.4 is 0 Å². The topological polar surface area (TPSA) is 26.3 Å². The van der Waals surface area contributed by atoms with Gasteiger partial charge in [0.25, 0.3) is 0 Å². The van der Waals surface area contributed by atoms with E-state index in [1.165, 1.54) is 22.3 Å². The summed E-state index contributed by atoms with van der Waals surface area (Å²) in [6.45, 7) is 6.29. The zero-order valence-corrected chi connectivity index (χ0v) is 17.4. The Morgan fingerprint density at radius 3 is 2.17 bits per heavy atom. The minimum absolute atomic E-state index is 0.287. The second-order valence-corrected chi connectivity index (χ2v) is 7.61. The molecule has 0 aliphatic carbocycles. The van der Waals surface area contributed by atoms with Gasteiger partial charge in [-0.2, -0.15) is 0 Å². The summed E-state index contributed by atoms with van der Waals surface area (Å²) in [7, 11) is 0. The maximum Gasteiger partial charge on any atom is 0.338 e. The molecule has 0 amide bonds. The number of carbonyl (C=O) groups excluding carboxylic acids is 1. The van der Waals surface area contributed by atoms with Gasteiger partial charge in [-0.05, 0) is 62.9 Å². The molecule has 3 rings (SSSR count). The van der Waals surface area contributed by atoms with Crippen LogP contribution in [0, 0.1) is 20.8 Å². The van der Waals surface area contributed by atoms with Crippen LogP contribution in [-0.4, -0.2) is 12.1 Å². The molecule has 148 valence electrons. The van der Waals surface area contributed by atoms with Crippen molar-refractivity contribution in [3.8, 4) is 0 Å². The molecule has 3 aromatic rings. The second-order valence-electron chi connectivity index (χ2n) is 7.61. The maximum atomic E-state index is 12.6. The van der Waals surface area contributed by atoms with Crippen LogP contribution in [0.4, 0.5) is 0 Å². The third-order valence-electron chi connectivity index (χ3n) is 4.85. The lowest BCUT2D eigenvalue weighted by molar-refractivity contribution is 0.0382. The third-order valence-corrected chi connectivity index (χ3v) is 4.85. The lowest BCUT2D eigenvalue weighted by atomic mass is 10.0. The molecule has 0 aliphatic rings. The normalized spacial score (nSPS) is 12.1. The Morgan fingerprint density at radius 1 is 0.862 bits per heavy atom. The van der Waals surface area contributed by atoms with Gasteiger partial charge in [-0.25, -0.2) is 4.79 Å². The summed E-state index contributed by atoms with van der Waals surface area (Å²) in [6.07, 6.45) is 5.33. The highest BCUT2D eigenvalue weighted by Crippen LogP contribution is 2.16. The largest absolute Gasteiger partial charge is 0.455 e. The van der Waals surface area contributed by atoms with Crippen LogP contribution in [0.5, 0.6) is 0 Å². The number of carbonyl (C=O) groups is 1. The van der Waals surface area contributed by atoms with Crippen molar-refractivity contribution in [2.24, 2.45) is 0 Å². The lowest BCUT2D eigenvalue weighted by Crippen LogP contribution is -2.17. The van der Waals surface area contributed by atoms with E-state index in [9.17, 15) is 4.79 Å². The summed E-state index contributed by atoms with van der Waals surface area (Å²) < 4.78 is 5.84. The van der Waals surface area contributed by atoms with E-state index in [0.717, 1.165) is 18.4 Å². The maximum absolute atomic E-state index is 12.6. The van der Waals surface area contributed by atoms with E-state index in [1.54, 1.807) is 12.1 Å². The number of hydrogen-bond acceptors (Lipinski definition) is 2. The van der Waals surface area contributed by atoms with Crippen LogP contribution >= 0.6 is 0 Å². The summed E-state index contributed by atoms with van der Waals surface area (Å²) in [5.74, 6) is -0.287. The molecule has 0 fully saturated rings. The average molecular weight is 385 g/mol. The summed E-state index contributed by atoms with van der Waals surface area (Å²) >= 11 is 0. The molecule has 0 bridgehead atoms. The highest BCUT2D eigenvalue weighted by molar-refractivity contribution is 5.89. The van der Waals surface area contributed by atoms with Crippen molar-refractivity contribution >= 4 is 12.0 Å². The first kappa shape index (κ1) is 20.6. The zero-order valence-electron chi connectivity index (χ0n) is 17.4. The molecule has 0 N–H and O–H groups in total. The molecule has 0 heterocycles. The van der Waals surface area contributed by atoms with Crippen molar-refractivity contribution < 1.29 is 9.53 Å². The van der Waals surface area contributed by atoms with E-state index in [0.29, 0.717) is 5.56 Å². The Hall–Kier alpha value is -3.13. The number of aryl methyl sites for hydroxylation is 4. The fraction of sp³-hybridized carbons (Fsp3) is 0.222. The van der Waals surface area contributed by atoms with Gasteiger partial charge in [-0.3, -0.25) is 0 Å². The molecule has 1 atom stereocenters. The first-order chi connectivity index (χ1) is 14.0. The first-order valence-electron chi connectivity index (χ1n) is 10.1. The van der Waals surface area contributed by atoms with Gasteiger partial charge in [0.15, 0.2) is 0 Å². The highest BCUT2D eigenvalue weighted by Gasteiger charge is 2.14. The molecule has 2 heteroatoms. The Kier molecular flexibility index (Phi) is 7.02. The predicted octanol–water partition coefficient (Wildman–Crippen LogP) is 6.48. The van der Waals surface area contributed by atoms with Gasteiger partial charge in [-0.15, -0.1) is 0 Å². The molecule has 0 aliphatic heterocycles. The van der Waals surface area contributed by atoms with Crippen molar-refractivity contribution in [2.75, 3.05) is 0 Å². The molecule has 2 nitrogen and oxygen atoms in total. The number of rotatable bonds is 7. The second kappa shape index (κ2) is 9.88. The molecule has 0 saturated carbocycles. The van der Waals surface area contributed by atoms with E-state index in [2.05, 4.69) is 63.2 Å². The summed E-state index contributed by atoms with van der Waals surface area (Å²) in [5, 5.41) is 0. The minimum Gasteiger partial charge on any atom is -0.455 e. The van der Waals surface area contributed by atoms with Gasteiger partial charge in [-0.1, -0.05) is 83.4 Å². The Balaban J connectivity index is 1.74. The molecule has 29 heavy (non-hydrogen) atoms. The molecule has 0 spiro atoms. The monoisotopic (exact) mass is 384 g/mol. The third kappa shape index (κ3) is 6.46. The summed E-state index contributed by atoms with van der Waals surface area (Å²) in [4.78, 5) is 12.6. The smallest absolute Gasteiger partial charge is 0.338 e. The predicted molar refractivity (Wildman–Crippen MR) is 120 cm³/mol. The van der Waals surface area contributed by atoms with Gasteiger partial charge in [0.05, 0.1) is 5.56 Å². The number of benzene rings is 3. The van der Waals surface area contributed by atoms with Crippen molar-refractivity contribution in [2.45, 2.75) is 39.7 Å². The average Bonchev–Trinajstić information content (AvgIpc) is 2.71. The van der Waals surface area contributed by atoms with Crippen molar-refractivity contribution in [1.82, 2.24) is 0 Å². The molecular formula is C27H28O2. The molecule has 0 saturated heterocycles. The van der Waals surface area contributed by atoms with Gasteiger partial charge < -0.3 is 4.74 Å². The van der Waals surface area contributed by atoms with Gasteiger partial charge in [0, 0.05) is 0 Å². The van der Waals surface area contributed by atoms with E-state index < -0.39 is 0 Å². The van der Waals surface area contributed by atoms with E-state index in [-0.39, 0.29) is 12.1 Å². The zero-order chi connectivity index (χ0) is 20.6. The van der Waals surface area contributed by atoms with Crippen LogP contribution in [0.1, 0.15) is 44.6 Å². The van der Waals surface area contributed by atoms with Gasteiger partial charge in [0.2, 0.25) is 0 Å². The summed E-state index contributed by atoms with van der Waals surface area (Å²) in [6, 6.07) is 24.1. The van der Waals surface area contributed by atoms with Crippen LogP contribution in [0.3, 0.4) is 0 Å². The number of hydrogen-bond donors (Lipinski definition) is 0. The van der Waals surface area contributed by atoms with Crippen LogP contribution in [0.2, 0.25) is 0 Å². The Labute approximate surface area is 173 Å². The van der Waals surface area contributed by atoms with Crippen molar-refractivity contribution in [3.05, 3.63) is 112 Å². The Morgan fingerprint density at radius 2 is 1.52 bits per heavy atom. The minimum atomic E-state index is -0.287. The number of esters is 1. The summed E-state index contributed by atoms with van der Waals surface area (Å²) in [5.41, 5.74) is 6.69. The lowest BCUT2D eigenvalue weighted by Gasteiger charge is -2.15. The SMILES string of the molecule is Cc1ccc(/C=C/[C@@H](CCc2cc(C)cc(C)c2)OC(=O)c2ccccc2)cc1. The molecule has 0 aromatic heterocycles. The fourth-order valence-electron chi connectivity index (χ4n) is 3.39. The molecular weight excluding hydrogens is 356 g/mol. The number of ether oxygens (including phenoxy) is 1. The van der Waals surface area contributed by atoms with Gasteiger partial charge >= 0.3 is 5.97 Å². The van der Waals surface area contributed by atoms with E-state index in [1.807, 2.05) is 30.4 Å². The van der Waals surface area contributed by atoms with Crippen LogP contribution in [0.15, 0.2) is 78.9 Å². The van der Waals surface area contributed by atoms with Crippen LogP contribution in [-0.2, 0) is 11.2 Å². The standard InChI is InChI=1S/C27H28O2/c1-20-9-11-23(12-10-20)13-15-26(29-27(28)25-7-5-4-6-8-25)16-14-24-18-21(2)17-22(3)19-24/h4-13,15,17-19,26H,14,16H2,1-3H3/b15-13+/t26-/m0/s1. The fourth-order valence-corrected chi connectivity index (χ4v) is 3.39. The van der Waals surface area contributed by atoms with Crippen molar-refractivity contribution in [3.63, 3.8) is 0 Å². The molecule has 0 radical (unpaired) electrons. The van der Waals surface area contributed by atoms with Crippen LogP contribution in [0.25, 0.3) is 6.08 Å². The van der Waals surface area contributed by atoms with E-state index >= 15 is 0 Å². The highest BCUT2D eigenvalue weighted by atomic mass is 16.5. The van der Waals surface area contributed by atoms with E-state index in [4.69, 9.17) is 4.74 Å². The quantitative estimate of drug-likeness (QED) is 0.436. The molecule has 3 aromatic carbocycles. The first-order valence-corrected chi connectivity index (χ1v) is 10.1. The molecule has 0 unspecified atom stereocenters.